The fraction of sp³-hybridized carbons (Fsp3) is 0.500. The van der Waals surface area contributed by atoms with Crippen LogP contribution in [0, 0.1) is 5.92 Å². The number of ether oxygens (including phenoxy) is 1. The van der Waals surface area contributed by atoms with E-state index in [2.05, 4.69) is 23.5 Å². The molecule has 1 atom stereocenters. The average molecular weight is 280 g/mol. The Bertz CT molecular complexity index is 513. The summed E-state index contributed by atoms with van der Waals surface area (Å²) in [6.45, 7) is 6.03. The van der Waals surface area contributed by atoms with Gasteiger partial charge in [0, 0.05) is 6.54 Å². The molecule has 0 saturated heterocycles. The van der Waals surface area contributed by atoms with Gasteiger partial charge < -0.3 is 15.2 Å². The normalized spacial score (nSPS) is 13.1. The molecule has 0 amide bonds. The van der Waals surface area contributed by atoms with E-state index < -0.39 is 6.10 Å². The van der Waals surface area contributed by atoms with Crippen molar-refractivity contribution in [3.8, 4) is 5.75 Å². The maximum Gasteiger partial charge on any atom is 0.129 e. The van der Waals surface area contributed by atoms with Crippen molar-refractivity contribution in [1.29, 1.82) is 0 Å². The first kappa shape index (κ1) is 14.2. The molecule has 104 valence electrons. The van der Waals surface area contributed by atoms with Crippen LogP contribution in [0.4, 0.5) is 0 Å². The van der Waals surface area contributed by atoms with Gasteiger partial charge in [-0.1, -0.05) is 19.9 Å². The fourth-order valence-electron chi connectivity index (χ4n) is 1.78. The molecule has 0 spiro atoms. The number of nitrogens with zero attached hydrogens (tertiary/aromatic N) is 1. The smallest absolute Gasteiger partial charge is 0.129 e. The minimum absolute atomic E-state index is 0.292. The van der Waals surface area contributed by atoms with Crippen molar-refractivity contribution in [2.75, 3.05) is 19.7 Å². The molecule has 0 fully saturated rings. The summed E-state index contributed by atoms with van der Waals surface area (Å²) in [5, 5.41) is 14.1. The van der Waals surface area contributed by atoms with E-state index in [0.717, 1.165) is 22.4 Å². The Kier molecular flexibility index (Phi) is 5.13. The topological polar surface area (TPSA) is 54.4 Å². The molecular formula is C14H20N2O2S. The van der Waals surface area contributed by atoms with Gasteiger partial charge in [0.15, 0.2) is 0 Å². The maximum absolute atomic E-state index is 9.85. The molecule has 0 aliphatic heterocycles. The monoisotopic (exact) mass is 280 g/mol. The highest BCUT2D eigenvalue weighted by Gasteiger charge is 2.08. The van der Waals surface area contributed by atoms with E-state index in [-0.39, 0.29) is 0 Å². The van der Waals surface area contributed by atoms with E-state index in [1.54, 1.807) is 6.20 Å². The van der Waals surface area contributed by atoms with Crippen LogP contribution in [-0.2, 0) is 0 Å². The van der Waals surface area contributed by atoms with Crippen molar-refractivity contribution in [2.24, 2.45) is 5.92 Å². The third-order valence-electron chi connectivity index (χ3n) is 2.72. The molecule has 0 radical (unpaired) electrons. The minimum Gasteiger partial charge on any atom is -0.490 e. The number of hydrogen-bond acceptors (Lipinski definition) is 5. The highest BCUT2D eigenvalue weighted by atomic mass is 32.1. The van der Waals surface area contributed by atoms with Crippen LogP contribution in [0.1, 0.15) is 13.8 Å². The lowest BCUT2D eigenvalue weighted by atomic mass is 10.2. The van der Waals surface area contributed by atoms with E-state index in [1.807, 2.05) is 18.2 Å². The van der Waals surface area contributed by atoms with E-state index >= 15 is 0 Å². The van der Waals surface area contributed by atoms with Gasteiger partial charge in [0.2, 0.25) is 0 Å². The molecule has 0 saturated carbocycles. The summed E-state index contributed by atoms with van der Waals surface area (Å²) >= 11 is 1.45. The third-order valence-corrected chi connectivity index (χ3v) is 3.49. The SMILES string of the molecule is CC(C)CNCC(O)COc1cccc2sncc12. The van der Waals surface area contributed by atoms with Crippen molar-refractivity contribution in [3.63, 3.8) is 0 Å². The Morgan fingerprint density at radius 2 is 2.21 bits per heavy atom. The number of aromatic nitrogens is 1. The summed E-state index contributed by atoms with van der Waals surface area (Å²) in [7, 11) is 0. The molecule has 2 rings (SSSR count). The molecule has 2 N–H and O–H groups in total. The summed E-state index contributed by atoms with van der Waals surface area (Å²) in [6.07, 6.45) is 1.30. The summed E-state index contributed by atoms with van der Waals surface area (Å²) < 4.78 is 10.9. The second kappa shape index (κ2) is 6.84. The molecule has 2 aromatic rings. The number of aliphatic hydroxyl groups is 1. The molecular weight excluding hydrogens is 260 g/mol. The van der Waals surface area contributed by atoms with Gasteiger partial charge in [-0.15, -0.1) is 0 Å². The van der Waals surface area contributed by atoms with Crippen molar-refractivity contribution < 1.29 is 9.84 Å². The average Bonchev–Trinajstić information content (AvgIpc) is 2.84. The molecule has 4 nitrogen and oxygen atoms in total. The van der Waals surface area contributed by atoms with Crippen LogP contribution >= 0.6 is 11.5 Å². The van der Waals surface area contributed by atoms with Crippen LogP contribution in [-0.4, -0.2) is 35.3 Å². The lowest BCUT2D eigenvalue weighted by molar-refractivity contribution is 0.106. The first-order chi connectivity index (χ1) is 9.16. The van der Waals surface area contributed by atoms with Gasteiger partial charge in [-0.3, -0.25) is 0 Å². The van der Waals surface area contributed by atoms with Crippen LogP contribution in [0.3, 0.4) is 0 Å². The molecule has 1 aromatic carbocycles. The molecule has 0 aliphatic rings. The predicted molar refractivity (Wildman–Crippen MR) is 78.8 cm³/mol. The molecule has 0 aliphatic carbocycles. The lowest BCUT2D eigenvalue weighted by Gasteiger charge is -2.14. The second-order valence-corrected chi connectivity index (χ2v) is 5.84. The van der Waals surface area contributed by atoms with Crippen LogP contribution in [0.25, 0.3) is 10.1 Å². The number of rotatable bonds is 7. The number of hydrogen-bond donors (Lipinski definition) is 2. The van der Waals surface area contributed by atoms with Crippen molar-refractivity contribution in [3.05, 3.63) is 24.4 Å². The van der Waals surface area contributed by atoms with E-state index in [0.29, 0.717) is 19.1 Å². The highest BCUT2D eigenvalue weighted by Crippen LogP contribution is 2.27. The number of benzene rings is 1. The molecule has 0 bridgehead atoms. The Balaban J connectivity index is 1.83. The summed E-state index contributed by atoms with van der Waals surface area (Å²) in [4.78, 5) is 0. The molecule has 5 heteroatoms. The van der Waals surface area contributed by atoms with Crippen LogP contribution in [0.5, 0.6) is 5.75 Å². The largest absolute Gasteiger partial charge is 0.490 e. The van der Waals surface area contributed by atoms with Gasteiger partial charge in [-0.05, 0) is 36.1 Å². The van der Waals surface area contributed by atoms with Gasteiger partial charge in [-0.25, -0.2) is 0 Å². The zero-order chi connectivity index (χ0) is 13.7. The standard InChI is InChI=1S/C14H20N2O2S/c1-10(2)6-15-7-11(17)9-18-13-4-3-5-14-12(13)8-16-19-14/h3-5,8,10-11,15,17H,6-7,9H2,1-2H3. The van der Waals surface area contributed by atoms with Gasteiger partial charge in [0.05, 0.1) is 16.3 Å². The van der Waals surface area contributed by atoms with Crippen LogP contribution < -0.4 is 10.1 Å². The van der Waals surface area contributed by atoms with Crippen molar-refractivity contribution >= 4 is 21.6 Å². The zero-order valence-electron chi connectivity index (χ0n) is 11.3. The van der Waals surface area contributed by atoms with Crippen LogP contribution in [0.2, 0.25) is 0 Å². The van der Waals surface area contributed by atoms with Gasteiger partial charge in [0.25, 0.3) is 0 Å². The molecule has 1 aromatic heterocycles. The minimum atomic E-state index is -0.499. The quantitative estimate of drug-likeness (QED) is 0.817. The summed E-state index contributed by atoms with van der Waals surface area (Å²) in [6, 6.07) is 5.87. The van der Waals surface area contributed by atoms with Crippen molar-refractivity contribution in [1.82, 2.24) is 9.69 Å². The van der Waals surface area contributed by atoms with Gasteiger partial charge >= 0.3 is 0 Å². The van der Waals surface area contributed by atoms with Crippen molar-refractivity contribution in [2.45, 2.75) is 20.0 Å². The Hall–Kier alpha value is -1.17. The number of nitrogens with one attached hydrogen (secondary N) is 1. The van der Waals surface area contributed by atoms with E-state index in [4.69, 9.17) is 4.74 Å². The summed E-state index contributed by atoms with van der Waals surface area (Å²) in [5.41, 5.74) is 0. The van der Waals surface area contributed by atoms with Gasteiger partial charge in [-0.2, -0.15) is 4.37 Å². The Morgan fingerprint density at radius 1 is 1.37 bits per heavy atom. The molecule has 19 heavy (non-hydrogen) atoms. The highest BCUT2D eigenvalue weighted by molar-refractivity contribution is 7.13. The van der Waals surface area contributed by atoms with Gasteiger partial charge in [0.1, 0.15) is 18.5 Å². The zero-order valence-corrected chi connectivity index (χ0v) is 12.1. The maximum atomic E-state index is 9.85. The fourth-order valence-corrected chi connectivity index (χ4v) is 2.44. The first-order valence-electron chi connectivity index (χ1n) is 6.52. The van der Waals surface area contributed by atoms with E-state index in [1.165, 1.54) is 11.5 Å². The number of fused-ring (bicyclic) bond motifs is 1. The van der Waals surface area contributed by atoms with E-state index in [9.17, 15) is 5.11 Å². The second-order valence-electron chi connectivity index (χ2n) is 5.01. The molecule has 1 heterocycles. The van der Waals surface area contributed by atoms with Crippen LogP contribution in [0.15, 0.2) is 24.4 Å². The Labute approximate surface area is 117 Å². The first-order valence-corrected chi connectivity index (χ1v) is 7.29. The molecule has 1 unspecified atom stereocenters. The number of aliphatic hydroxyl groups excluding tert-OH is 1. The third kappa shape index (κ3) is 4.16. The Morgan fingerprint density at radius 3 is 3.00 bits per heavy atom. The predicted octanol–water partition coefficient (Wildman–Crippen LogP) is 2.28. The lowest BCUT2D eigenvalue weighted by Crippen LogP contribution is -2.33. The summed E-state index contributed by atoms with van der Waals surface area (Å²) in [5.74, 6) is 1.37.